The van der Waals surface area contributed by atoms with E-state index in [4.69, 9.17) is 14.6 Å². The molecule has 0 aromatic heterocycles. The number of rotatable bonds is 5. The van der Waals surface area contributed by atoms with Gasteiger partial charge in [-0.15, -0.1) is 0 Å². The van der Waals surface area contributed by atoms with E-state index < -0.39 is 11.6 Å². The Balaban J connectivity index is 1.83. The predicted octanol–water partition coefficient (Wildman–Crippen LogP) is 0.955. The normalized spacial score (nSPS) is 23.1. The Morgan fingerprint density at radius 3 is 2.82 bits per heavy atom. The maximum Gasteiger partial charge on any atom is 0.325 e. The van der Waals surface area contributed by atoms with Crippen LogP contribution in [0.1, 0.15) is 25.3 Å². The number of hydrogen-bond donors (Lipinski definition) is 2. The highest BCUT2D eigenvalue weighted by molar-refractivity contribution is 6.07. The molecule has 2 heterocycles. The van der Waals surface area contributed by atoms with Crippen molar-refractivity contribution in [3.63, 3.8) is 0 Å². The molecule has 22 heavy (non-hydrogen) atoms. The van der Waals surface area contributed by atoms with Crippen LogP contribution in [0.2, 0.25) is 0 Å². The van der Waals surface area contributed by atoms with E-state index in [1.807, 2.05) is 0 Å². The zero-order valence-corrected chi connectivity index (χ0v) is 12.3. The summed E-state index contributed by atoms with van der Waals surface area (Å²) in [6.07, 6.45) is 1.13. The lowest BCUT2D eigenvalue weighted by Gasteiger charge is -2.22. The molecule has 1 unspecified atom stereocenters. The summed E-state index contributed by atoms with van der Waals surface area (Å²) in [5.41, 5.74) is -0.461. The maximum absolute atomic E-state index is 12.6. The fourth-order valence-electron chi connectivity index (χ4n) is 2.68. The first-order valence-corrected chi connectivity index (χ1v) is 7.21. The van der Waals surface area contributed by atoms with E-state index >= 15 is 0 Å². The Kier molecular flexibility index (Phi) is 3.66. The molecule has 0 aliphatic carbocycles. The summed E-state index contributed by atoms with van der Waals surface area (Å²) in [7, 11) is 0. The van der Waals surface area contributed by atoms with Crippen molar-refractivity contribution in [2.75, 3.05) is 19.9 Å². The van der Waals surface area contributed by atoms with Gasteiger partial charge in [-0.2, -0.15) is 0 Å². The van der Waals surface area contributed by atoms with Crippen LogP contribution < -0.4 is 14.8 Å². The molecule has 1 saturated heterocycles. The predicted molar refractivity (Wildman–Crippen MR) is 76.5 cm³/mol. The van der Waals surface area contributed by atoms with Gasteiger partial charge in [-0.05, 0) is 37.5 Å². The van der Waals surface area contributed by atoms with E-state index in [9.17, 15) is 9.59 Å². The molecular weight excluding hydrogens is 288 g/mol. The van der Waals surface area contributed by atoms with Crippen LogP contribution in [-0.4, -0.2) is 41.9 Å². The lowest BCUT2D eigenvalue weighted by Crippen LogP contribution is -2.41. The Labute approximate surface area is 127 Å². The molecule has 2 aliphatic rings. The minimum absolute atomic E-state index is 0.0447. The van der Waals surface area contributed by atoms with Gasteiger partial charge in [0.05, 0.1) is 0 Å². The number of hydrogen-bond acceptors (Lipinski definition) is 5. The molecule has 0 spiro atoms. The molecule has 1 fully saturated rings. The third kappa shape index (κ3) is 2.27. The van der Waals surface area contributed by atoms with Gasteiger partial charge < -0.3 is 19.9 Å². The minimum Gasteiger partial charge on any atom is -0.454 e. The van der Waals surface area contributed by atoms with E-state index in [2.05, 4.69) is 5.32 Å². The van der Waals surface area contributed by atoms with Gasteiger partial charge in [0.2, 0.25) is 6.79 Å². The van der Waals surface area contributed by atoms with Gasteiger partial charge >= 0.3 is 6.03 Å². The number of nitrogens with one attached hydrogen (secondary N) is 1. The highest BCUT2D eigenvalue weighted by Crippen LogP contribution is 2.37. The zero-order valence-electron chi connectivity index (χ0n) is 12.3. The summed E-state index contributed by atoms with van der Waals surface area (Å²) in [6, 6.07) is 4.79. The molecule has 7 heteroatoms. The van der Waals surface area contributed by atoms with Crippen molar-refractivity contribution in [3.8, 4) is 11.5 Å². The van der Waals surface area contributed by atoms with E-state index in [1.54, 1.807) is 25.1 Å². The van der Waals surface area contributed by atoms with Crippen LogP contribution >= 0.6 is 0 Å². The first-order valence-electron chi connectivity index (χ1n) is 7.21. The number of ether oxygens (including phenoxy) is 2. The molecule has 0 radical (unpaired) electrons. The van der Waals surface area contributed by atoms with E-state index in [0.717, 1.165) is 0 Å². The Hall–Kier alpha value is -2.28. The molecule has 118 valence electrons. The van der Waals surface area contributed by atoms with Crippen molar-refractivity contribution >= 4 is 11.9 Å². The Morgan fingerprint density at radius 2 is 2.05 bits per heavy atom. The molecular formula is C15H18N2O5. The van der Waals surface area contributed by atoms with Gasteiger partial charge in [-0.3, -0.25) is 9.69 Å². The number of amides is 3. The van der Waals surface area contributed by atoms with Crippen molar-refractivity contribution in [1.82, 2.24) is 10.2 Å². The molecule has 1 aromatic carbocycles. The molecule has 2 aliphatic heterocycles. The Bertz CT molecular complexity index is 618. The van der Waals surface area contributed by atoms with Crippen molar-refractivity contribution in [2.24, 2.45) is 0 Å². The summed E-state index contributed by atoms with van der Waals surface area (Å²) in [4.78, 5) is 25.9. The molecule has 1 atom stereocenters. The largest absolute Gasteiger partial charge is 0.454 e. The van der Waals surface area contributed by atoms with Gasteiger partial charge in [0.15, 0.2) is 11.5 Å². The number of unbranched alkanes of at least 4 members (excludes halogenated alkanes) is 1. The second-order valence-electron chi connectivity index (χ2n) is 5.51. The van der Waals surface area contributed by atoms with Gasteiger partial charge in [-0.1, -0.05) is 6.07 Å². The number of fused-ring (bicyclic) bond motifs is 1. The average Bonchev–Trinajstić information content (AvgIpc) is 3.05. The van der Waals surface area contributed by atoms with Crippen molar-refractivity contribution in [3.05, 3.63) is 23.8 Å². The second kappa shape index (κ2) is 5.49. The highest BCUT2D eigenvalue weighted by atomic mass is 16.7. The van der Waals surface area contributed by atoms with Gasteiger partial charge in [0, 0.05) is 13.2 Å². The summed E-state index contributed by atoms with van der Waals surface area (Å²) in [5, 5.41) is 11.6. The third-order valence-corrected chi connectivity index (χ3v) is 4.01. The molecule has 0 saturated carbocycles. The molecule has 3 amide bonds. The Morgan fingerprint density at radius 1 is 1.27 bits per heavy atom. The topological polar surface area (TPSA) is 88.1 Å². The fourth-order valence-corrected chi connectivity index (χ4v) is 2.68. The highest BCUT2D eigenvalue weighted by Gasteiger charge is 2.49. The molecule has 3 rings (SSSR count). The smallest absolute Gasteiger partial charge is 0.325 e. The summed E-state index contributed by atoms with van der Waals surface area (Å²) >= 11 is 0. The average molecular weight is 306 g/mol. The van der Waals surface area contributed by atoms with Crippen molar-refractivity contribution in [2.45, 2.75) is 25.3 Å². The first kappa shape index (κ1) is 14.6. The first-order chi connectivity index (χ1) is 10.6. The number of aliphatic hydroxyl groups is 1. The van der Waals surface area contributed by atoms with Crippen molar-refractivity contribution < 1.29 is 24.2 Å². The van der Waals surface area contributed by atoms with Crippen LogP contribution in [0.3, 0.4) is 0 Å². The number of benzene rings is 1. The van der Waals surface area contributed by atoms with E-state index in [-0.39, 0.29) is 19.3 Å². The van der Waals surface area contributed by atoms with Crippen LogP contribution in [0.5, 0.6) is 11.5 Å². The quantitative estimate of drug-likeness (QED) is 0.625. The SMILES string of the molecule is CC1(c2ccc3c(c2)OCO3)NC(=O)N(CCCCO)C1=O. The van der Waals surface area contributed by atoms with Crippen LogP contribution in [0.4, 0.5) is 4.79 Å². The monoisotopic (exact) mass is 306 g/mol. The number of urea groups is 1. The van der Waals surface area contributed by atoms with E-state index in [1.165, 1.54) is 4.90 Å². The summed E-state index contributed by atoms with van der Waals surface area (Å²) in [6.45, 7) is 2.17. The van der Waals surface area contributed by atoms with Crippen LogP contribution in [-0.2, 0) is 10.3 Å². The number of carbonyl (C=O) groups is 2. The third-order valence-electron chi connectivity index (χ3n) is 4.01. The minimum atomic E-state index is -1.11. The molecule has 1 aromatic rings. The standard InChI is InChI=1S/C15H18N2O5/c1-15(10-4-5-11-12(8-10)22-9-21-11)13(19)17(14(20)16-15)6-2-3-7-18/h4-5,8,18H,2-3,6-7,9H2,1H3,(H,16,20). The van der Waals surface area contributed by atoms with Crippen LogP contribution in [0.15, 0.2) is 18.2 Å². The lowest BCUT2D eigenvalue weighted by molar-refractivity contribution is -0.131. The fraction of sp³-hybridized carbons (Fsp3) is 0.467. The zero-order chi connectivity index (χ0) is 15.7. The second-order valence-corrected chi connectivity index (χ2v) is 5.51. The van der Waals surface area contributed by atoms with Gasteiger partial charge in [0.1, 0.15) is 5.54 Å². The van der Waals surface area contributed by atoms with Gasteiger partial charge in [-0.25, -0.2) is 4.79 Å². The van der Waals surface area contributed by atoms with Gasteiger partial charge in [0.25, 0.3) is 5.91 Å². The number of carbonyl (C=O) groups excluding carboxylic acids is 2. The van der Waals surface area contributed by atoms with E-state index in [0.29, 0.717) is 36.4 Å². The number of imide groups is 1. The summed E-state index contributed by atoms with van der Waals surface area (Å²) < 4.78 is 10.6. The maximum atomic E-state index is 12.6. The molecule has 2 N–H and O–H groups in total. The molecule has 7 nitrogen and oxygen atoms in total. The molecule has 0 bridgehead atoms. The summed E-state index contributed by atoms with van der Waals surface area (Å²) in [5.74, 6) is 0.901. The lowest BCUT2D eigenvalue weighted by atomic mass is 9.91. The number of nitrogens with zero attached hydrogens (tertiary/aromatic N) is 1. The van der Waals surface area contributed by atoms with Crippen LogP contribution in [0, 0.1) is 0 Å². The number of aliphatic hydroxyl groups excluding tert-OH is 1. The van der Waals surface area contributed by atoms with Crippen LogP contribution in [0.25, 0.3) is 0 Å². The van der Waals surface area contributed by atoms with Crippen molar-refractivity contribution in [1.29, 1.82) is 0 Å².